The standard InChI is InChI=1S/C31H39N3O4S/c1-6-29(31(36)32-20-23(2)3)33(21-26-12-8-7-9-13-26)30(35)22-34(27-14-10-11-25(5)19-27)39(37,38)28-17-15-24(4)16-18-28/h7-19,23,29H,6,20-22H2,1-5H3,(H,32,36)/t29-/m0/s1. The van der Waals surface area contributed by atoms with E-state index in [9.17, 15) is 18.0 Å². The molecule has 8 heteroatoms. The summed E-state index contributed by atoms with van der Waals surface area (Å²) in [5.74, 6) is -0.456. The molecule has 0 radical (unpaired) electrons. The molecule has 1 N–H and O–H groups in total. The third-order valence-corrected chi connectivity index (χ3v) is 8.23. The van der Waals surface area contributed by atoms with Crippen LogP contribution in [0.5, 0.6) is 0 Å². The molecule has 0 saturated heterocycles. The van der Waals surface area contributed by atoms with E-state index < -0.39 is 28.5 Å². The van der Waals surface area contributed by atoms with E-state index in [-0.39, 0.29) is 23.3 Å². The minimum atomic E-state index is -4.08. The molecule has 208 valence electrons. The van der Waals surface area contributed by atoms with Crippen LogP contribution in [0.1, 0.15) is 43.9 Å². The summed E-state index contributed by atoms with van der Waals surface area (Å²) in [5, 5.41) is 2.94. The lowest BCUT2D eigenvalue weighted by molar-refractivity contribution is -0.140. The predicted molar refractivity (Wildman–Crippen MR) is 156 cm³/mol. The molecule has 0 spiro atoms. The molecule has 0 unspecified atom stereocenters. The number of hydrogen-bond donors (Lipinski definition) is 1. The van der Waals surface area contributed by atoms with Gasteiger partial charge in [-0.2, -0.15) is 0 Å². The van der Waals surface area contributed by atoms with Crippen LogP contribution in [-0.2, 0) is 26.2 Å². The summed E-state index contributed by atoms with van der Waals surface area (Å²) >= 11 is 0. The zero-order valence-corrected chi connectivity index (χ0v) is 24.2. The summed E-state index contributed by atoms with van der Waals surface area (Å²) in [6, 6.07) is 22.3. The molecule has 2 amide bonds. The van der Waals surface area contributed by atoms with E-state index >= 15 is 0 Å². The van der Waals surface area contributed by atoms with Crippen molar-refractivity contribution in [2.24, 2.45) is 5.92 Å². The highest BCUT2D eigenvalue weighted by atomic mass is 32.2. The predicted octanol–water partition coefficient (Wildman–Crippen LogP) is 5.08. The molecule has 39 heavy (non-hydrogen) atoms. The van der Waals surface area contributed by atoms with Gasteiger partial charge < -0.3 is 10.2 Å². The molecule has 0 bridgehead atoms. The molecule has 0 aromatic heterocycles. The van der Waals surface area contributed by atoms with Crippen LogP contribution in [0.25, 0.3) is 0 Å². The SMILES string of the molecule is CC[C@@H](C(=O)NCC(C)C)N(Cc1ccccc1)C(=O)CN(c1cccc(C)c1)S(=O)(=O)c1ccc(C)cc1. The number of nitrogens with zero attached hydrogens (tertiary/aromatic N) is 2. The first kappa shape index (κ1) is 29.9. The second-order valence-corrected chi connectivity index (χ2v) is 12.1. The third-order valence-electron chi connectivity index (χ3n) is 6.44. The van der Waals surface area contributed by atoms with E-state index in [4.69, 9.17) is 0 Å². The van der Waals surface area contributed by atoms with Crippen LogP contribution in [0, 0.1) is 19.8 Å². The smallest absolute Gasteiger partial charge is 0.264 e. The van der Waals surface area contributed by atoms with Crippen LogP contribution in [-0.4, -0.2) is 44.3 Å². The third kappa shape index (κ3) is 7.93. The van der Waals surface area contributed by atoms with Crippen LogP contribution >= 0.6 is 0 Å². The Bertz CT molecular complexity index is 1360. The number of hydrogen-bond acceptors (Lipinski definition) is 4. The number of sulfonamides is 1. The van der Waals surface area contributed by atoms with Crippen LogP contribution in [0.2, 0.25) is 0 Å². The lowest BCUT2D eigenvalue weighted by Gasteiger charge is -2.33. The summed E-state index contributed by atoms with van der Waals surface area (Å²) in [6.07, 6.45) is 0.387. The quantitative estimate of drug-likeness (QED) is 0.341. The normalized spacial score (nSPS) is 12.2. The van der Waals surface area contributed by atoms with Gasteiger partial charge in [-0.1, -0.05) is 80.9 Å². The van der Waals surface area contributed by atoms with E-state index in [1.165, 1.54) is 4.90 Å². The summed E-state index contributed by atoms with van der Waals surface area (Å²) in [4.78, 5) is 28.9. The molecule has 7 nitrogen and oxygen atoms in total. The fraction of sp³-hybridized carbons (Fsp3) is 0.355. The van der Waals surface area contributed by atoms with Gasteiger partial charge in [-0.05, 0) is 61.6 Å². The average Bonchev–Trinajstić information content (AvgIpc) is 2.91. The highest BCUT2D eigenvalue weighted by Crippen LogP contribution is 2.26. The van der Waals surface area contributed by atoms with Gasteiger partial charge in [0.05, 0.1) is 10.6 Å². The molecule has 1 atom stereocenters. The van der Waals surface area contributed by atoms with Crippen molar-refractivity contribution in [3.63, 3.8) is 0 Å². The molecule has 3 aromatic carbocycles. The monoisotopic (exact) mass is 549 g/mol. The Morgan fingerprint density at radius 3 is 2.13 bits per heavy atom. The average molecular weight is 550 g/mol. The Morgan fingerprint density at radius 2 is 1.54 bits per heavy atom. The number of rotatable bonds is 12. The summed E-state index contributed by atoms with van der Waals surface area (Å²) in [6.45, 7) is 9.84. The molecule has 0 aliphatic rings. The van der Waals surface area contributed by atoms with Gasteiger partial charge in [0.1, 0.15) is 12.6 Å². The Labute approximate surface area is 232 Å². The number of anilines is 1. The minimum Gasteiger partial charge on any atom is -0.354 e. The molecule has 0 saturated carbocycles. The van der Waals surface area contributed by atoms with Gasteiger partial charge in [0.15, 0.2) is 0 Å². The van der Waals surface area contributed by atoms with Crippen molar-refractivity contribution in [2.75, 3.05) is 17.4 Å². The zero-order valence-electron chi connectivity index (χ0n) is 23.4. The molecule has 0 fully saturated rings. The van der Waals surface area contributed by atoms with Crippen LogP contribution in [0.4, 0.5) is 5.69 Å². The summed E-state index contributed by atoms with van der Waals surface area (Å²) in [7, 11) is -4.08. The first-order valence-electron chi connectivity index (χ1n) is 13.3. The van der Waals surface area contributed by atoms with Gasteiger partial charge in [0.2, 0.25) is 11.8 Å². The molecule has 3 aromatic rings. The van der Waals surface area contributed by atoms with Crippen LogP contribution in [0.15, 0.2) is 83.8 Å². The van der Waals surface area contributed by atoms with Crippen LogP contribution in [0.3, 0.4) is 0 Å². The fourth-order valence-corrected chi connectivity index (χ4v) is 5.68. The van der Waals surface area contributed by atoms with E-state index in [1.54, 1.807) is 42.5 Å². The Morgan fingerprint density at radius 1 is 0.872 bits per heavy atom. The minimum absolute atomic E-state index is 0.0960. The van der Waals surface area contributed by atoms with E-state index in [1.807, 2.05) is 71.0 Å². The first-order valence-corrected chi connectivity index (χ1v) is 14.7. The maximum Gasteiger partial charge on any atom is 0.264 e. The molecular weight excluding hydrogens is 510 g/mol. The maximum atomic E-state index is 14.0. The number of carbonyl (C=O) groups excluding carboxylic acids is 2. The largest absolute Gasteiger partial charge is 0.354 e. The molecular formula is C31H39N3O4S. The van der Waals surface area contributed by atoms with Gasteiger partial charge >= 0.3 is 0 Å². The Kier molecular flexibility index (Phi) is 10.3. The second-order valence-electron chi connectivity index (χ2n) is 10.2. The van der Waals surface area contributed by atoms with Crippen molar-refractivity contribution >= 4 is 27.5 Å². The Hall–Kier alpha value is -3.65. The molecule has 3 rings (SSSR count). The van der Waals surface area contributed by atoms with Crippen molar-refractivity contribution < 1.29 is 18.0 Å². The number of aryl methyl sites for hydroxylation is 2. The van der Waals surface area contributed by atoms with Crippen molar-refractivity contribution in [1.29, 1.82) is 0 Å². The topological polar surface area (TPSA) is 86.8 Å². The summed E-state index contributed by atoms with van der Waals surface area (Å²) < 4.78 is 28.9. The van der Waals surface area contributed by atoms with Gasteiger partial charge in [0.25, 0.3) is 10.0 Å². The lowest BCUT2D eigenvalue weighted by Crippen LogP contribution is -2.52. The van der Waals surface area contributed by atoms with Crippen molar-refractivity contribution in [2.45, 2.75) is 58.5 Å². The lowest BCUT2D eigenvalue weighted by atomic mass is 10.1. The zero-order chi connectivity index (χ0) is 28.6. The maximum absolute atomic E-state index is 14.0. The van der Waals surface area contributed by atoms with Gasteiger partial charge in [-0.3, -0.25) is 13.9 Å². The summed E-state index contributed by atoms with van der Waals surface area (Å²) in [5.41, 5.74) is 3.04. The van der Waals surface area contributed by atoms with Crippen molar-refractivity contribution in [1.82, 2.24) is 10.2 Å². The number of amides is 2. The number of carbonyl (C=O) groups is 2. The van der Waals surface area contributed by atoms with E-state index in [0.29, 0.717) is 18.7 Å². The Balaban J connectivity index is 2.03. The number of nitrogens with one attached hydrogen (secondary N) is 1. The molecule has 0 heterocycles. The highest BCUT2D eigenvalue weighted by Gasteiger charge is 2.33. The fourth-order valence-electron chi connectivity index (χ4n) is 4.27. The molecule has 0 aliphatic carbocycles. The van der Waals surface area contributed by atoms with Gasteiger partial charge in [-0.25, -0.2) is 8.42 Å². The van der Waals surface area contributed by atoms with Crippen LogP contribution < -0.4 is 9.62 Å². The van der Waals surface area contributed by atoms with E-state index in [2.05, 4.69) is 5.32 Å². The van der Waals surface area contributed by atoms with Gasteiger partial charge in [-0.15, -0.1) is 0 Å². The van der Waals surface area contributed by atoms with E-state index in [0.717, 1.165) is 21.0 Å². The molecule has 0 aliphatic heterocycles. The van der Waals surface area contributed by atoms with Gasteiger partial charge in [0, 0.05) is 13.1 Å². The number of benzene rings is 3. The second kappa shape index (κ2) is 13.4. The van der Waals surface area contributed by atoms with Crippen molar-refractivity contribution in [3.8, 4) is 0 Å². The highest BCUT2D eigenvalue weighted by molar-refractivity contribution is 7.92. The van der Waals surface area contributed by atoms with Crippen molar-refractivity contribution in [3.05, 3.63) is 95.6 Å². The first-order chi connectivity index (χ1) is 18.5.